The number of hydrogen-bond acceptors (Lipinski definition) is 18. The highest BCUT2D eigenvalue weighted by atomic mass is 35.5. The van der Waals surface area contributed by atoms with Crippen LogP contribution in [0.5, 0.6) is 34.5 Å². The lowest BCUT2D eigenvalue weighted by atomic mass is 9.87. The molecule has 0 bridgehead atoms. The van der Waals surface area contributed by atoms with Gasteiger partial charge in [-0.15, -0.1) is 0 Å². The van der Waals surface area contributed by atoms with Gasteiger partial charge < -0.3 is 60.3 Å². The van der Waals surface area contributed by atoms with Crippen LogP contribution in [-0.2, 0) is 5.41 Å². The molecule has 0 aliphatic heterocycles. The summed E-state index contributed by atoms with van der Waals surface area (Å²) in [4.78, 5) is 108. The number of rotatable bonds is 18. The molecule has 0 atom stereocenters. The van der Waals surface area contributed by atoms with Gasteiger partial charge >= 0.3 is 18.1 Å². The monoisotopic (exact) mass is 1500 g/mol. The number of aryl methyl sites for hydroxylation is 3. The number of amides is 9. The number of ether oxygens (including phenoxy) is 6. The van der Waals surface area contributed by atoms with E-state index in [0.29, 0.717) is 140 Å². The smallest absolute Gasteiger partial charge is 0.327 e. The molecule has 6 N–H and O–H groups in total. The molecule has 110 heavy (non-hydrogen) atoms. The summed E-state index contributed by atoms with van der Waals surface area (Å²) >= 11 is 5.91. The molecule has 3 aromatic heterocycles. The van der Waals surface area contributed by atoms with Gasteiger partial charge in [-0.05, 0) is 152 Å². The lowest BCUT2D eigenvalue weighted by Gasteiger charge is -2.20. The van der Waals surface area contributed by atoms with Crippen molar-refractivity contribution in [3.63, 3.8) is 0 Å². The number of hydrogen-bond donors (Lipinski definition) is 6. The summed E-state index contributed by atoms with van der Waals surface area (Å²) in [5.41, 5.74) is 10.1. The number of anilines is 9. The van der Waals surface area contributed by atoms with Crippen LogP contribution in [0.15, 0.2) is 189 Å². The van der Waals surface area contributed by atoms with Crippen LogP contribution in [0.25, 0.3) is 32.7 Å². The first-order chi connectivity index (χ1) is 52.7. The maximum absolute atomic E-state index is 13.3. The Kier molecular flexibility index (Phi) is 25.2. The molecular weight excluding hydrogens is 1420 g/mol. The predicted octanol–water partition coefficient (Wildman–Crippen LogP) is 16.6. The highest BCUT2D eigenvalue weighted by Crippen LogP contribution is 2.39. The van der Waals surface area contributed by atoms with E-state index in [4.69, 9.17) is 40.0 Å². The molecular formula is C82H82ClN15O12. The third-order valence-electron chi connectivity index (χ3n) is 17.6. The first kappa shape index (κ1) is 78.9. The Morgan fingerprint density at radius 1 is 0.345 bits per heavy atom. The summed E-state index contributed by atoms with van der Waals surface area (Å²) in [6.45, 7) is 12.0. The Labute approximate surface area is 640 Å². The molecule has 9 amide bonds. The average Bonchev–Trinajstić information content (AvgIpc) is 0.818. The minimum Gasteiger partial charge on any atom is -0.493 e. The second-order valence-corrected chi connectivity index (χ2v) is 26.3. The number of aromatic nitrogens is 6. The lowest BCUT2D eigenvalue weighted by Crippen LogP contribution is -2.32. The summed E-state index contributed by atoms with van der Waals surface area (Å²) in [5.74, 6) is 3.36. The van der Waals surface area contributed by atoms with Crippen LogP contribution in [0.3, 0.4) is 0 Å². The molecule has 12 rings (SSSR count). The molecule has 0 aliphatic carbocycles. The summed E-state index contributed by atoms with van der Waals surface area (Å²) in [5, 5.41) is 19.7. The van der Waals surface area contributed by atoms with Gasteiger partial charge in [0.05, 0.1) is 59.2 Å². The zero-order valence-corrected chi connectivity index (χ0v) is 64.0. The van der Waals surface area contributed by atoms with Crippen molar-refractivity contribution in [3.05, 3.63) is 233 Å². The molecule has 28 heteroatoms. The molecule has 0 aliphatic rings. The fourth-order valence-electron chi connectivity index (χ4n) is 11.2. The van der Waals surface area contributed by atoms with Crippen molar-refractivity contribution in [1.29, 1.82) is 0 Å². The Morgan fingerprint density at radius 3 is 0.918 bits per heavy atom. The largest absolute Gasteiger partial charge is 0.493 e. The van der Waals surface area contributed by atoms with Crippen molar-refractivity contribution in [2.24, 2.45) is 0 Å². The predicted molar refractivity (Wildman–Crippen MR) is 431 cm³/mol. The Morgan fingerprint density at radius 2 is 0.627 bits per heavy atom. The second-order valence-electron chi connectivity index (χ2n) is 25.9. The SMILES string of the molecule is COc1cc2ncnc(N(C)C(=O)Nc3cc(C(=O)Nc4ccc(C(C)(C)C)cc4)ccc3C)c2cc1OC.COc1cc2ncnc(N(C)C(=O)Nc3cc(C(=O)Nc4ccc(Cl)cc4)ccc3C)c2cc1OC.COc1cc2ncnc(N(C)C(=O)Nc3cc(C(=O)Nc4ccccc4)ccc3C)c2cc1OC. The van der Waals surface area contributed by atoms with Gasteiger partial charge in [-0.3, -0.25) is 29.1 Å². The van der Waals surface area contributed by atoms with E-state index in [-0.39, 0.29) is 23.1 Å². The van der Waals surface area contributed by atoms with Gasteiger partial charge in [-0.1, -0.05) is 80.9 Å². The maximum atomic E-state index is 13.3. The summed E-state index contributed by atoms with van der Waals surface area (Å²) in [6.07, 6.45) is 4.14. The molecule has 27 nitrogen and oxygen atoms in total. The first-order valence-electron chi connectivity index (χ1n) is 34.1. The van der Waals surface area contributed by atoms with Crippen LogP contribution in [0, 0.1) is 20.8 Å². The maximum Gasteiger partial charge on any atom is 0.327 e. The van der Waals surface area contributed by atoms with Crippen LogP contribution in [0.4, 0.5) is 66.0 Å². The highest BCUT2D eigenvalue weighted by molar-refractivity contribution is 6.30. The number of fused-ring (bicyclic) bond motifs is 3. The highest BCUT2D eigenvalue weighted by Gasteiger charge is 2.25. The number of benzene rings is 9. The summed E-state index contributed by atoms with van der Waals surface area (Å²) < 4.78 is 32.2. The summed E-state index contributed by atoms with van der Waals surface area (Å²) in [7, 11) is 14.0. The fourth-order valence-corrected chi connectivity index (χ4v) is 11.3. The van der Waals surface area contributed by atoms with Crippen LogP contribution in [-0.4, -0.2) is 130 Å². The zero-order valence-electron chi connectivity index (χ0n) is 63.2. The van der Waals surface area contributed by atoms with Crippen molar-refractivity contribution in [3.8, 4) is 34.5 Å². The standard InChI is InChI=1S/C30H33N5O4.C26H24ClN5O4.C26H25N5O4/c1-18-8-9-19(28(36)33-21-12-10-20(11-13-21)30(2,3)4)14-23(18)34-29(37)35(5)27-22-15-25(38-6)26(39-7)16-24(22)31-17-32-27;1-15-5-6-16(25(33)30-18-9-7-17(27)8-10-18)11-20(15)31-26(34)32(2)24-19-12-22(35-3)23(36-4)13-21(19)28-14-29-24;1-16-10-11-17(25(32)29-18-8-6-5-7-9-18)12-20(16)30-26(33)31(2)24-19-13-22(34-3)23(35-4)14-21(19)27-15-28-24/h8-17H,1-7H3,(H,33,36)(H,34,37);5-14H,1-4H3,(H,30,33)(H,31,34);5-15H,1-4H3,(H,29,32)(H,30,33). The van der Waals surface area contributed by atoms with E-state index in [1.54, 1.807) is 163 Å². The van der Waals surface area contributed by atoms with E-state index >= 15 is 0 Å². The van der Waals surface area contributed by atoms with Crippen molar-refractivity contribution in [1.82, 2.24) is 29.9 Å². The zero-order chi connectivity index (χ0) is 79.1. The molecule has 12 aromatic rings. The Bertz CT molecular complexity index is 5420. The number of carbonyl (C=O) groups is 6. The fraction of sp³-hybridized carbons (Fsp3) is 0.195. The number of carbonyl (C=O) groups excluding carboxylic acids is 6. The van der Waals surface area contributed by atoms with E-state index in [9.17, 15) is 28.8 Å². The van der Waals surface area contributed by atoms with Crippen LogP contribution < -0.4 is 75.0 Å². The Balaban J connectivity index is 0.000000176. The van der Waals surface area contributed by atoms with Gasteiger partial charge in [0, 0.05) is 111 Å². The molecule has 0 unspecified atom stereocenters. The number of nitrogens with one attached hydrogen (secondary N) is 6. The molecule has 564 valence electrons. The van der Waals surface area contributed by atoms with Gasteiger partial charge in [0.15, 0.2) is 34.5 Å². The molecule has 3 heterocycles. The molecule has 0 radical (unpaired) electrons. The van der Waals surface area contributed by atoms with Gasteiger partial charge in [0.1, 0.15) is 36.4 Å². The Hall–Kier alpha value is -13.7. The second kappa shape index (κ2) is 35.1. The van der Waals surface area contributed by atoms with Crippen LogP contribution in [0.2, 0.25) is 5.02 Å². The topological polar surface area (TPSA) is 317 Å². The van der Waals surface area contributed by atoms with Gasteiger partial charge in [0.25, 0.3) is 17.7 Å². The normalized spacial score (nSPS) is 10.8. The molecule has 0 saturated heterocycles. The van der Waals surface area contributed by atoms with Crippen molar-refractivity contribution in [2.45, 2.75) is 47.0 Å². The first-order valence-corrected chi connectivity index (χ1v) is 34.5. The molecule has 9 aromatic carbocycles. The minimum absolute atomic E-state index is 0.0246. The average molecular weight is 1510 g/mol. The number of para-hydroxylation sites is 1. The molecule has 0 saturated carbocycles. The number of halogens is 1. The van der Waals surface area contributed by atoms with E-state index in [0.717, 1.165) is 16.7 Å². The van der Waals surface area contributed by atoms with E-state index in [1.165, 1.54) is 67.7 Å². The van der Waals surface area contributed by atoms with Crippen molar-refractivity contribution in [2.75, 3.05) is 110 Å². The van der Waals surface area contributed by atoms with Crippen LogP contribution in [0.1, 0.15) is 74.1 Å². The third kappa shape index (κ3) is 18.7. The van der Waals surface area contributed by atoms with Gasteiger partial charge in [0.2, 0.25) is 0 Å². The van der Waals surface area contributed by atoms with Crippen molar-refractivity contribution >= 4 is 132 Å². The van der Waals surface area contributed by atoms with Crippen molar-refractivity contribution < 1.29 is 57.2 Å². The quantitative estimate of drug-likeness (QED) is 0.0465. The van der Waals surface area contributed by atoms with Gasteiger partial charge in [-0.25, -0.2) is 44.3 Å². The van der Waals surface area contributed by atoms with E-state index in [2.05, 4.69) is 82.6 Å². The molecule has 0 spiro atoms. The van der Waals surface area contributed by atoms with E-state index in [1.807, 2.05) is 63.2 Å². The van der Waals surface area contributed by atoms with E-state index < -0.39 is 18.1 Å². The number of urea groups is 3. The minimum atomic E-state index is -0.442. The van der Waals surface area contributed by atoms with Crippen LogP contribution >= 0.6 is 11.6 Å². The third-order valence-corrected chi connectivity index (χ3v) is 17.8. The summed E-state index contributed by atoms with van der Waals surface area (Å²) in [6, 6.07) is 48.2. The number of nitrogens with zero attached hydrogens (tertiary/aromatic N) is 9. The lowest BCUT2D eigenvalue weighted by molar-refractivity contribution is 0.101. The molecule has 0 fully saturated rings. The van der Waals surface area contributed by atoms with Gasteiger partial charge in [-0.2, -0.15) is 0 Å². The number of methoxy groups -OCH3 is 6.